The van der Waals surface area contributed by atoms with E-state index in [1.165, 1.54) is 12.0 Å². The second kappa shape index (κ2) is 10.6. The van der Waals surface area contributed by atoms with Crippen LogP contribution in [0.2, 0.25) is 0 Å². The van der Waals surface area contributed by atoms with E-state index in [2.05, 4.69) is 17.4 Å². The maximum absolute atomic E-state index is 13.5. The lowest BCUT2D eigenvalue weighted by Gasteiger charge is -2.30. The first-order chi connectivity index (χ1) is 17.1. The molecule has 0 spiro atoms. The maximum Gasteiger partial charge on any atom is 0.338 e. The van der Waals surface area contributed by atoms with E-state index in [9.17, 15) is 4.79 Å². The Kier molecular flexibility index (Phi) is 7.08. The van der Waals surface area contributed by atoms with Gasteiger partial charge in [-0.05, 0) is 55.9 Å². The van der Waals surface area contributed by atoms with E-state index in [0.29, 0.717) is 16.7 Å². The molecule has 0 amide bonds. The fourth-order valence-corrected chi connectivity index (χ4v) is 5.46. The zero-order valence-corrected chi connectivity index (χ0v) is 20.9. The highest BCUT2D eigenvalue weighted by Crippen LogP contribution is 2.38. The Morgan fingerprint density at radius 3 is 2.54 bits per heavy atom. The largest absolute Gasteiger partial charge is 0.497 e. The summed E-state index contributed by atoms with van der Waals surface area (Å²) in [5, 5.41) is 8.77. The Bertz CT molecular complexity index is 1200. The predicted molar refractivity (Wildman–Crippen MR) is 136 cm³/mol. The van der Waals surface area contributed by atoms with Gasteiger partial charge in [-0.25, -0.2) is 9.48 Å². The third-order valence-corrected chi connectivity index (χ3v) is 7.43. The van der Waals surface area contributed by atoms with Crippen molar-refractivity contribution in [3.8, 4) is 5.75 Å². The number of fused-ring (bicyclic) bond motifs is 1. The van der Waals surface area contributed by atoms with E-state index in [1.54, 1.807) is 23.6 Å². The molecule has 7 nitrogen and oxygen atoms in total. The van der Waals surface area contributed by atoms with Crippen molar-refractivity contribution in [3.63, 3.8) is 0 Å². The number of thioether (sulfide) groups is 1. The van der Waals surface area contributed by atoms with Gasteiger partial charge in [0.2, 0.25) is 11.1 Å². The van der Waals surface area contributed by atoms with Crippen LogP contribution in [0.4, 0.5) is 5.95 Å². The van der Waals surface area contributed by atoms with Gasteiger partial charge in [-0.15, -0.1) is 5.10 Å². The summed E-state index contributed by atoms with van der Waals surface area (Å²) < 4.78 is 13.1. The first-order valence-electron chi connectivity index (χ1n) is 12.1. The zero-order chi connectivity index (χ0) is 24.2. The third-order valence-electron chi connectivity index (χ3n) is 6.52. The highest BCUT2D eigenvalue weighted by molar-refractivity contribution is 7.98. The van der Waals surface area contributed by atoms with Crippen LogP contribution in [-0.2, 0) is 15.3 Å². The number of benzene rings is 2. The van der Waals surface area contributed by atoms with Crippen molar-refractivity contribution in [3.05, 3.63) is 77.0 Å². The van der Waals surface area contributed by atoms with Crippen LogP contribution in [0.25, 0.3) is 0 Å². The SMILES string of the molecule is COc1ccc(C2C(C(=O)OC3CCCCC3)=C(C)Nc3nc(SCc4ccccc4)nn32)cc1. The summed E-state index contributed by atoms with van der Waals surface area (Å²) in [6, 6.07) is 17.5. The molecule has 1 saturated carbocycles. The molecule has 5 rings (SSSR count). The van der Waals surface area contributed by atoms with E-state index in [4.69, 9.17) is 19.6 Å². The molecule has 0 bridgehead atoms. The number of hydrogen-bond donors (Lipinski definition) is 1. The van der Waals surface area contributed by atoms with Crippen molar-refractivity contribution in [2.24, 2.45) is 0 Å². The van der Waals surface area contributed by atoms with Crippen LogP contribution >= 0.6 is 11.8 Å². The van der Waals surface area contributed by atoms with Crippen LogP contribution in [0.5, 0.6) is 5.75 Å². The lowest BCUT2D eigenvalue weighted by molar-refractivity contribution is -0.146. The topological polar surface area (TPSA) is 78.3 Å². The number of rotatable bonds is 7. The Morgan fingerprint density at radius 1 is 1.09 bits per heavy atom. The molecule has 1 N–H and O–H groups in total. The Balaban J connectivity index is 1.46. The maximum atomic E-state index is 13.5. The molecule has 1 unspecified atom stereocenters. The molecule has 1 fully saturated rings. The van der Waals surface area contributed by atoms with Gasteiger partial charge >= 0.3 is 5.97 Å². The van der Waals surface area contributed by atoms with Crippen molar-refractivity contribution >= 4 is 23.7 Å². The van der Waals surface area contributed by atoms with Crippen LogP contribution in [0.15, 0.2) is 71.0 Å². The van der Waals surface area contributed by atoms with Crippen LogP contribution in [0, 0.1) is 0 Å². The van der Waals surface area contributed by atoms with Crippen molar-refractivity contribution in [2.75, 3.05) is 12.4 Å². The predicted octanol–water partition coefficient (Wildman–Crippen LogP) is 5.74. The molecule has 2 aliphatic rings. The van der Waals surface area contributed by atoms with Gasteiger partial charge in [-0.1, -0.05) is 60.6 Å². The standard InChI is InChI=1S/C27H30N4O3S/c1-18-23(25(32)34-22-11-7-4-8-12-22)24(20-13-15-21(33-2)16-14-20)31-26(28-18)29-27(30-31)35-17-19-9-5-3-6-10-19/h3,5-6,9-10,13-16,22,24H,4,7-8,11-12,17H2,1-2H3,(H,28,29,30). The van der Waals surface area contributed by atoms with Crippen molar-refractivity contribution in [2.45, 2.75) is 62.1 Å². The molecule has 1 aliphatic carbocycles. The zero-order valence-electron chi connectivity index (χ0n) is 20.1. The number of esters is 1. The Hall–Kier alpha value is -3.26. The minimum absolute atomic E-state index is 0.0257. The van der Waals surface area contributed by atoms with Gasteiger partial charge in [0.25, 0.3) is 0 Å². The van der Waals surface area contributed by atoms with Gasteiger partial charge < -0.3 is 14.8 Å². The van der Waals surface area contributed by atoms with E-state index in [1.807, 2.05) is 49.4 Å². The second-order valence-corrected chi connectivity index (χ2v) is 9.88. The van der Waals surface area contributed by atoms with Gasteiger partial charge in [0.15, 0.2) is 0 Å². The fraction of sp³-hybridized carbons (Fsp3) is 0.370. The summed E-state index contributed by atoms with van der Waals surface area (Å²) in [5.74, 6) is 1.85. The average molecular weight is 491 g/mol. The third kappa shape index (κ3) is 5.22. The number of carbonyl (C=O) groups is 1. The number of aromatic nitrogens is 3. The van der Waals surface area contributed by atoms with E-state index in [0.717, 1.165) is 48.4 Å². The molecular weight excluding hydrogens is 460 g/mol. The van der Waals surface area contributed by atoms with Gasteiger partial charge in [0, 0.05) is 11.4 Å². The minimum atomic E-state index is -0.438. The lowest BCUT2D eigenvalue weighted by Crippen LogP contribution is -2.32. The summed E-state index contributed by atoms with van der Waals surface area (Å²) >= 11 is 1.57. The molecule has 1 aromatic heterocycles. The summed E-state index contributed by atoms with van der Waals surface area (Å²) in [6.45, 7) is 1.91. The fourth-order valence-electron chi connectivity index (χ4n) is 4.67. The second-order valence-electron chi connectivity index (χ2n) is 8.94. The molecule has 0 radical (unpaired) electrons. The van der Waals surface area contributed by atoms with Crippen LogP contribution in [0.1, 0.15) is 56.2 Å². The summed E-state index contributed by atoms with van der Waals surface area (Å²) in [7, 11) is 1.64. The molecular formula is C27H30N4O3S. The smallest absolute Gasteiger partial charge is 0.338 e. The molecule has 2 aromatic carbocycles. The molecule has 182 valence electrons. The Labute approximate surface area is 209 Å². The molecule has 2 heterocycles. The van der Waals surface area contributed by atoms with Gasteiger partial charge in [-0.3, -0.25) is 0 Å². The van der Waals surface area contributed by atoms with E-state index < -0.39 is 6.04 Å². The van der Waals surface area contributed by atoms with E-state index >= 15 is 0 Å². The highest BCUT2D eigenvalue weighted by atomic mass is 32.2. The van der Waals surface area contributed by atoms with Crippen LogP contribution in [-0.4, -0.2) is 33.9 Å². The van der Waals surface area contributed by atoms with Crippen LogP contribution in [0.3, 0.4) is 0 Å². The number of nitrogens with one attached hydrogen (secondary N) is 1. The van der Waals surface area contributed by atoms with Gasteiger partial charge in [0.1, 0.15) is 17.9 Å². The Morgan fingerprint density at radius 2 is 1.83 bits per heavy atom. The molecule has 3 aromatic rings. The molecule has 1 atom stereocenters. The monoisotopic (exact) mass is 490 g/mol. The number of anilines is 1. The minimum Gasteiger partial charge on any atom is -0.497 e. The highest BCUT2D eigenvalue weighted by Gasteiger charge is 2.36. The van der Waals surface area contributed by atoms with Crippen molar-refractivity contribution in [1.29, 1.82) is 0 Å². The van der Waals surface area contributed by atoms with E-state index in [-0.39, 0.29) is 12.1 Å². The summed E-state index contributed by atoms with van der Waals surface area (Å²) in [5.41, 5.74) is 3.44. The molecule has 35 heavy (non-hydrogen) atoms. The number of carbonyl (C=O) groups excluding carboxylic acids is 1. The van der Waals surface area contributed by atoms with Gasteiger partial charge in [0.05, 0.1) is 12.7 Å². The van der Waals surface area contributed by atoms with Gasteiger partial charge in [-0.2, -0.15) is 4.98 Å². The molecule has 1 aliphatic heterocycles. The first kappa shape index (κ1) is 23.5. The number of allylic oxidation sites excluding steroid dienone is 1. The quantitative estimate of drug-likeness (QED) is 0.334. The molecule has 0 saturated heterocycles. The first-order valence-corrected chi connectivity index (χ1v) is 13.1. The average Bonchev–Trinajstić information content (AvgIpc) is 3.30. The number of methoxy groups -OCH3 is 1. The molecule has 8 heteroatoms. The normalized spacial score (nSPS) is 18.1. The van der Waals surface area contributed by atoms with Crippen molar-refractivity contribution in [1.82, 2.24) is 14.8 Å². The van der Waals surface area contributed by atoms with Crippen molar-refractivity contribution < 1.29 is 14.3 Å². The number of hydrogen-bond acceptors (Lipinski definition) is 7. The van der Waals surface area contributed by atoms with Crippen LogP contribution < -0.4 is 10.1 Å². The number of ether oxygens (including phenoxy) is 2. The summed E-state index contributed by atoms with van der Waals surface area (Å²) in [4.78, 5) is 18.2. The lowest BCUT2D eigenvalue weighted by atomic mass is 9.95. The summed E-state index contributed by atoms with van der Waals surface area (Å²) in [6.07, 6.45) is 5.23. The number of nitrogens with zero attached hydrogens (tertiary/aromatic N) is 3.